The molecule has 3 aliphatic rings. The Morgan fingerprint density at radius 3 is 2.20 bits per heavy atom. The van der Waals surface area contributed by atoms with E-state index in [4.69, 9.17) is 29.4 Å². The maximum atomic E-state index is 13.3. The minimum atomic E-state index is -0.585. The van der Waals surface area contributed by atoms with Crippen LogP contribution in [0.15, 0.2) is 24.3 Å². The van der Waals surface area contributed by atoms with Crippen LogP contribution in [0.3, 0.4) is 0 Å². The molecule has 2 heterocycles. The number of phenolic OH excluding ortho intramolecular Hbond substituents is 1. The Labute approximate surface area is 257 Å². The fourth-order valence-electron chi connectivity index (χ4n) is 6.44. The second kappa shape index (κ2) is 14.8. The predicted molar refractivity (Wildman–Crippen MR) is 162 cm³/mol. The number of phenols is 1. The van der Waals surface area contributed by atoms with Crippen LogP contribution >= 0.6 is 0 Å². The number of ether oxygens (including phenoxy) is 5. The van der Waals surface area contributed by atoms with Crippen molar-refractivity contribution in [3.8, 4) is 28.7 Å². The molecule has 6 N–H and O–H groups in total. The number of hydrogen-bond acceptors (Lipinski definition) is 11. The Morgan fingerprint density at radius 1 is 0.909 bits per heavy atom. The smallest absolute Gasteiger partial charge is 0.310 e. The summed E-state index contributed by atoms with van der Waals surface area (Å²) in [7, 11) is 2.92. The lowest BCUT2D eigenvalue weighted by atomic mass is 9.65. The van der Waals surface area contributed by atoms with Crippen LogP contribution in [-0.2, 0) is 14.3 Å². The Bertz CT molecular complexity index is 1300. The van der Waals surface area contributed by atoms with Crippen molar-refractivity contribution in [2.75, 3.05) is 60.3 Å². The van der Waals surface area contributed by atoms with Gasteiger partial charge in [0.1, 0.15) is 0 Å². The zero-order valence-corrected chi connectivity index (χ0v) is 25.5. The molecule has 0 spiro atoms. The fourth-order valence-corrected chi connectivity index (χ4v) is 6.44. The molecular weight excluding hydrogens is 568 g/mol. The first-order chi connectivity index (χ1) is 21.5. The minimum Gasteiger partial charge on any atom is -0.502 e. The lowest BCUT2D eigenvalue weighted by molar-refractivity contribution is -0.141. The first-order valence-corrected chi connectivity index (χ1v) is 15.4. The van der Waals surface area contributed by atoms with Crippen molar-refractivity contribution < 1.29 is 38.4 Å². The van der Waals surface area contributed by atoms with Crippen molar-refractivity contribution in [3.63, 3.8) is 0 Å². The van der Waals surface area contributed by atoms with Crippen molar-refractivity contribution >= 4 is 11.9 Å². The maximum Gasteiger partial charge on any atom is 0.310 e. The molecule has 2 aromatic carbocycles. The molecule has 12 heteroatoms. The van der Waals surface area contributed by atoms with Crippen LogP contribution in [-0.4, -0.2) is 77.3 Å². The number of benzene rings is 2. The molecule has 2 aromatic rings. The molecule has 12 nitrogen and oxygen atoms in total. The SMILES string of the molecule is COc1cc(C2c3cc4c(cc3C(NC(=O)CCCNCCCNCCCCN)C3COC(=O)C23)OCO4)cc(OC)c1O. The molecule has 1 amide bonds. The van der Waals surface area contributed by atoms with Gasteiger partial charge in [-0.25, -0.2) is 0 Å². The van der Waals surface area contributed by atoms with E-state index in [0.29, 0.717) is 29.9 Å². The molecule has 44 heavy (non-hydrogen) atoms. The largest absolute Gasteiger partial charge is 0.502 e. The second-order valence-corrected chi connectivity index (χ2v) is 11.4. The van der Waals surface area contributed by atoms with Gasteiger partial charge in [-0.2, -0.15) is 0 Å². The highest BCUT2D eigenvalue weighted by Crippen LogP contribution is 2.55. The normalized spacial score (nSPS) is 21.4. The van der Waals surface area contributed by atoms with E-state index in [9.17, 15) is 14.7 Å². The number of carbonyl (C=O) groups excluding carboxylic acids is 2. The molecule has 0 aromatic heterocycles. The zero-order chi connectivity index (χ0) is 31.1. The first kappa shape index (κ1) is 31.7. The van der Waals surface area contributed by atoms with E-state index in [1.54, 1.807) is 12.1 Å². The Kier molecular flexibility index (Phi) is 10.7. The Hall–Kier alpha value is -3.74. The summed E-state index contributed by atoms with van der Waals surface area (Å²) in [5.74, 6) is -0.306. The molecule has 1 aliphatic carbocycles. The lowest BCUT2D eigenvalue weighted by Crippen LogP contribution is -2.43. The molecule has 4 atom stereocenters. The highest BCUT2D eigenvalue weighted by molar-refractivity contribution is 5.81. The molecule has 240 valence electrons. The third-order valence-electron chi connectivity index (χ3n) is 8.64. The van der Waals surface area contributed by atoms with Crippen LogP contribution in [0, 0.1) is 11.8 Å². The van der Waals surface area contributed by atoms with Crippen molar-refractivity contribution in [1.29, 1.82) is 0 Å². The van der Waals surface area contributed by atoms with E-state index < -0.39 is 17.9 Å². The third-order valence-corrected chi connectivity index (χ3v) is 8.64. The number of rotatable bonds is 16. The monoisotopic (exact) mass is 612 g/mol. The topological polar surface area (TPSA) is 163 Å². The minimum absolute atomic E-state index is 0.0903. The highest BCUT2D eigenvalue weighted by atomic mass is 16.7. The molecule has 0 saturated carbocycles. The van der Waals surface area contributed by atoms with Crippen LogP contribution in [0.2, 0.25) is 0 Å². The van der Waals surface area contributed by atoms with Crippen molar-refractivity contribution in [3.05, 3.63) is 41.0 Å². The third kappa shape index (κ3) is 6.82. The fraction of sp³-hybridized carbons (Fsp3) is 0.562. The summed E-state index contributed by atoms with van der Waals surface area (Å²) in [6, 6.07) is 6.74. The van der Waals surface area contributed by atoms with E-state index in [1.165, 1.54) is 14.2 Å². The van der Waals surface area contributed by atoms with Gasteiger partial charge in [0.15, 0.2) is 23.0 Å². The second-order valence-electron chi connectivity index (χ2n) is 11.4. The van der Waals surface area contributed by atoms with Gasteiger partial charge in [-0.1, -0.05) is 0 Å². The van der Waals surface area contributed by atoms with Crippen molar-refractivity contribution in [1.82, 2.24) is 16.0 Å². The number of nitrogens with one attached hydrogen (secondary N) is 3. The summed E-state index contributed by atoms with van der Waals surface area (Å²) in [5.41, 5.74) is 7.89. The van der Waals surface area contributed by atoms with E-state index in [1.807, 2.05) is 12.1 Å². The molecule has 0 bridgehead atoms. The molecule has 5 rings (SSSR count). The Balaban J connectivity index is 1.30. The molecule has 4 unspecified atom stereocenters. The van der Waals surface area contributed by atoms with Gasteiger partial charge in [-0.05, 0) is 99.4 Å². The molecule has 1 saturated heterocycles. The lowest BCUT2D eigenvalue weighted by Gasteiger charge is -2.39. The summed E-state index contributed by atoms with van der Waals surface area (Å²) >= 11 is 0. The number of hydrogen-bond donors (Lipinski definition) is 5. The number of aromatic hydroxyl groups is 1. The van der Waals surface area contributed by atoms with E-state index in [0.717, 1.165) is 63.1 Å². The van der Waals surface area contributed by atoms with E-state index >= 15 is 0 Å². The van der Waals surface area contributed by atoms with Crippen LogP contribution in [0.5, 0.6) is 28.7 Å². The van der Waals surface area contributed by atoms with Crippen LogP contribution < -0.4 is 40.6 Å². The number of methoxy groups -OCH3 is 2. The number of fused-ring (bicyclic) bond motifs is 3. The summed E-state index contributed by atoms with van der Waals surface area (Å²) in [5, 5.41) is 20.6. The molecule has 2 aliphatic heterocycles. The van der Waals surface area contributed by atoms with Crippen molar-refractivity contribution in [2.24, 2.45) is 17.6 Å². The standard InChI is InChI=1S/C32H44N4O8/c1-40-25-13-19(14-26(41-2)31(25)38)28-20-15-23-24(44-18-43-23)16-21(20)30(22-17-42-32(39)29(22)28)36-27(37)7-5-10-35-12-6-11-34-9-4-3-8-33/h13-16,22,28-30,34-35,38H,3-12,17-18,33H2,1-2H3,(H,36,37). The number of nitrogens with two attached hydrogens (primary N) is 1. The summed E-state index contributed by atoms with van der Waals surface area (Å²) in [6.45, 7) is 4.55. The van der Waals surface area contributed by atoms with E-state index in [-0.39, 0.29) is 48.4 Å². The number of esters is 1. The van der Waals surface area contributed by atoms with Crippen molar-refractivity contribution in [2.45, 2.75) is 44.1 Å². The quantitative estimate of drug-likeness (QED) is 0.140. The molecule has 0 radical (unpaired) electrons. The molecular formula is C32H44N4O8. The zero-order valence-electron chi connectivity index (χ0n) is 25.5. The van der Waals surface area contributed by atoms with Gasteiger partial charge in [0.2, 0.25) is 18.4 Å². The number of unbranched alkanes of at least 4 members (excludes halogenated alkanes) is 1. The summed E-state index contributed by atoms with van der Waals surface area (Å²) in [6.07, 6.45) is 4.19. The number of cyclic esters (lactones) is 1. The van der Waals surface area contributed by atoms with Gasteiger partial charge < -0.3 is 50.5 Å². The van der Waals surface area contributed by atoms with Gasteiger partial charge in [0, 0.05) is 18.3 Å². The average molecular weight is 613 g/mol. The van der Waals surface area contributed by atoms with Gasteiger partial charge in [0.25, 0.3) is 0 Å². The summed E-state index contributed by atoms with van der Waals surface area (Å²) < 4.78 is 27.9. The van der Waals surface area contributed by atoms with Crippen LogP contribution in [0.1, 0.15) is 60.8 Å². The molecule has 1 fully saturated rings. The Morgan fingerprint density at radius 2 is 1.55 bits per heavy atom. The predicted octanol–water partition coefficient (Wildman–Crippen LogP) is 2.32. The van der Waals surface area contributed by atoms with Crippen LogP contribution in [0.25, 0.3) is 0 Å². The highest BCUT2D eigenvalue weighted by Gasteiger charge is 2.53. The first-order valence-electron chi connectivity index (χ1n) is 15.4. The van der Waals surface area contributed by atoms with Gasteiger partial charge in [-0.15, -0.1) is 0 Å². The summed E-state index contributed by atoms with van der Waals surface area (Å²) in [4.78, 5) is 26.5. The number of carbonyl (C=O) groups is 2. The maximum absolute atomic E-state index is 13.3. The van der Waals surface area contributed by atoms with E-state index in [2.05, 4.69) is 16.0 Å². The average Bonchev–Trinajstić information content (AvgIpc) is 3.65. The van der Waals surface area contributed by atoms with Gasteiger partial charge in [0.05, 0.1) is 32.8 Å². The number of amides is 1. The van der Waals surface area contributed by atoms with Gasteiger partial charge >= 0.3 is 5.97 Å². The van der Waals surface area contributed by atoms with Gasteiger partial charge in [-0.3, -0.25) is 9.59 Å². The van der Waals surface area contributed by atoms with Crippen LogP contribution in [0.4, 0.5) is 0 Å².